The maximum absolute atomic E-state index is 11.1. The monoisotopic (exact) mass is 253 g/mol. The van der Waals surface area contributed by atoms with Crippen LogP contribution >= 0.6 is 11.3 Å². The summed E-state index contributed by atoms with van der Waals surface area (Å²) in [7, 11) is 0. The van der Waals surface area contributed by atoms with Gasteiger partial charge in [-0.1, -0.05) is 19.9 Å². The average molecular weight is 253 g/mol. The number of carboxylic acid groups (broad SMARTS) is 1. The molecule has 1 fully saturated rings. The Kier molecular flexibility index (Phi) is 3.84. The van der Waals surface area contributed by atoms with Gasteiger partial charge in [-0.3, -0.25) is 9.69 Å². The van der Waals surface area contributed by atoms with E-state index in [1.165, 1.54) is 4.88 Å². The summed E-state index contributed by atoms with van der Waals surface area (Å²) in [6, 6.07) is 4.61. The van der Waals surface area contributed by atoms with Gasteiger partial charge in [0.15, 0.2) is 0 Å². The first-order valence-electron chi connectivity index (χ1n) is 6.13. The van der Waals surface area contributed by atoms with Crippen molar-refractivity contribution in [2.45, 2.75) is 26.3 Å². The molecule has 3 atom stereocenters. The minimum Gasteiger partial charge on any atom is -0.481 e. The van der Waals surface area contributed by atoms with E-state index < -0.39 is 5.97 Å². The zero-order valence-electron chi connectivity index (χ0n) is 10.3. The largest absolute Gasteiger partial charge is 0.481 e. The fraction of sp³-hybridized carbons (Fsp3) is 0.615. The van der Waals surface area contributed by atoms with E-state index in [-0.39, 0.29) is 11.8 Å². The van der Waals surface area contributed by atoms with Crippen molar-refractivity contribution >= 4 is 17.3 Å². The lowest BCUT2D eigenvalue weighted by Crippen LogP contribution is -2.27. The number of carboxylic acids is 1. The Balaban J connectivity index is 2.10. The van der Waals surface area contributed by atoms with Crippen LogP contribution in [0.2, 0.25) is 0 Å². The van der Waals surface area contributed by atoms with Crippen molar-refractivity contribution in [1.82, 2.24) is 4.90 Å². The lowest BCUT2D eigenvalue weighted by atomic mass is 9.99. The van der Waals surface area contributed by atoms with Crippen molar-refractivity contribution < 1.29 is 9.90 Å². The molecule has 0 saturated carbocycles. The molecule has 0 aromatic carbocycles. The smallest absolute Gasteiger partial charge is 0.308 e. The average Bonchev–Trinajstić information content (AvgIpc) is 2.89. The lowest BCUT2D eigenvalue weighted by Gasteiger charge is -2.25. The van der Waals surface area contributed by atoms with Gasteiger partial charge in [-0.05, 0) is 23.8 Å². The predicted octanol–water partition coefficient (Wildman–Crippen LogP) is 2.85. The quantitative estimate of drug-likeness (QED) is 0.897. The summed E-state index contributed by atoms with van der Waals surface area (Å²) in [5, 5.41) is 11.3. The first-order valence-corrected chi connectivity index (χ1v) is 7.01. The topological polar surface area (TPSA) is 40.5 Å². The van der Waals surface area contributed by atoms with E-state index in [0.717, 1.165) is 13.0 Å². The first-order chi connectivity index (χ1) is 8.13. The van der Waals surface area contributed by atoms with Gasteiger partial charge in [0.25, 0.3) is 0 Å². The number of hydrogen-bond donors (Lipinski definition) is 1. The van der Waals surface area contributed by atoms with Gasteiger partial charge in [-0.25, -0.2) is 0 Å². The van der Waals surface area contributed by atoms with Crippen LogP contribution in [0.1, 0.15) is 31.2 Å². The molecule has 0 bridgehead atoms. The highest BCUT2D eigenvalue weighted by atomic mass is 32.1. The van der Waals surface area contributed by atoms with Crippen LogP contribution in [0, 0.1) is 11.8 Å². The standard InChI is InChI=1S/C13H19NO2S/c1-3-11(12-5-4-6-17-12)14-7-9(2)10(8-14)13(15)16/h4-6,9-11H,3,7-8H2,1-2H3,(H,15,16)/t9-,10-,11?/m1/s1. The second-order valence-electron chi connectivity index (χ2n) is 4.82. The molecule has 0 aliphatic carbocycles. The molecular formula is C13H19NO2S. The number of carbonyl (C=O) groups is 1. The summed E-state index contributed by atoms with van der Waals surface area (Å²) in [5.41, 5.74) is 0. The molecular weight excluding hydrogens is 234 g/mol. The molecule has 3 nitrogen and oxygen atoms in total. The molecule has 1 aromatic heterocycles. The van der Waals surface area contributed by atoms with E-state index in [0.29, 0.717) is 12.6 Å². The van der Waals surface area contributed by atoms with Gasteiger partial charge >= 0.3 is 5.97 Å². The Morgan fingerprint density at radius 2 is 2.41 bits per heavy atom. The van der Waals surface area contributed by atoms with Crippen molar-refractivity contribution in [3.05, 3.63) is 22.4 Å². The number of hydrogen-bond acceptors (Lipinski definition) is 3. The second kappa shape index (κ2) is 5.19. The molecule has 17 heavy (non-hydrogen) atoms. The van der Waals surface area contributed by atoms with Gasteiger partial charge in [0.1, 0.15) is 0 Å². The molecule has 2 rings (SSSR count). The van der Waals surface area contributed by atoms with Crippen LogP contribution in [0.5, 0.6) is 0 Å². The van der Waals surface area contributed by atoms with Crippen molar-refractivity contribution in [1.29, 1.82) is 0 Å². The Hall–Kier alpha value is -0.870. The third-order valence-corrected chi connectivity index (χ3v) is 4.63. The minimum absolute atomic E-state index is 0.205. The van der Waals surface area contributed by atoms with Crippen LogP contribution in [0.25, 0.3) is 0 Å². The minimum atomic E-state index is -0.652. The van der Waals surface area contributed by atoms with Crippen molar-refractivity contribution in [3.8, 4) is 0 Å². The molecule has 1 aliphatic heterocycles. The van der Waals surface area contributed by atoms with Crippen LogP contribution in [0.3, 0.4) is 0 Å². The van der Waals surface area contributed by atoms with E-state index in [4.69, 9.17) is 5.11 Å². The summed E-state index contributed by atoms with van der Waals surface area (Å²) in [6.07, 6.45) is 1.04. The van der Waals surface area contributed by atoms with Crippen LogP contribution in [-0.2, 0) is 4.79 Å². The number of nitrogens with zero attached hydrogens (tertiary/aromatic N) is 1. The molecule has 4 heteroatoms. The molecule has 0 amide bonds. The van der Waals surface area contributed by atoms with Gasteiger partial charge in [0, 0.05) is 24.0 Å². The van der Waals surface area contributed by atoms with Gasteiger partial charge in [-0.15, -0.1) is 11.3 Å². The summed E-state index contributed by atoms with van der Waals surface area (Å²) in [6.45, 7) is 5.79. The van der Waals surface area contributed by atoms with Crippen molar-refractivity contribution in [2.24, 2.45) is 11.8 Å². The van der Waals surface area contributed by atoms with E-state index in [9.17, 15) is 4.79 Å². The Labute approximate surface area is 106 Å². The summed E-state index contributed by atoms with van der Waals surface area (Å²) < 4.78 is 0. The van der Waals surface area contributed by atoms with Crippen molar-refractivity contribution in [3.63, 3.8) is 0 Å². The van der Waals surface area contributed by atoms with Gasteiger partial charge in [0.05, 0.1) is 5.92 Å². The van der Waals surface area contributed by atoms with Crippen LogP contribution in [0.4, 0.5) is 0 Å². The normalized spacial score (nSPS) is 27.2. The van der Waals surface area contributed by atoms with E-state index in [1.807, 2.05) is 6.92 Å². The predicted molar refractivity (Wildman–Crippen MR) is 69.2 cm³/mol. The third kappa shape index (κ3) is 2.53. The molecule has 1 aromatic rings. The first kappa shape index (κ1) is 12.6. The number of aliphatic carboxylic acids is 1. The van der Waals surface area contributed by atoms with Crippen LogP contribution in [0.15, 0.2) is 17.5 Å². The fourth-order valence-corrected chi connectivity index (χ4v) is 3.64. The van der Waals surface area contributed by atoms with E-state index >= 15 is 0 Å². The van der Waals surface area contributed by atoms with Gasteiger partial charge in [-0.2, -0.15) is 0 Å². The summed E-state index contributed by atoms with van der Waals surface area (Å²) >= 11 is 1.76. The lowest BCUT2D eigenvalue weighted by molar-refractivity contribution is -0.142. The molecule has 0 spiro atoms. The third-order valence-electron chi connectivity index (χ3n) is 3.66. The highest BCUT2D eigenvalue weighted by Crippen LogP contribution is 2.34. The zero-order valence-corrected chi connectivity index (χ0v) is 11.1. The zero-order chi connectivity index (χ0) is 12.4. The van der Waals surface area contributed by atoms with E-state index in [1.54, 1.807) is 11.3 Å². The molecule has 94 valence electrons. The Morgan fingerprint density at radius 3 is 2.88 bits per heavy atom. The Morgan fingerprint density at radius 1 is 1.65 bits per heavy atom. The van der Waals surface area contributed by atoms with E-state index in [2.05, 4.69) is 29.3 Å². The molecule has 1 unspecified atom stereocenters. The Bertz CT molecular complexity index is 377. The highest BCUT2D eigenvalue weighted by molar-refractivity contribution is 7.10. The number of likely N-dealkylation sites (tertiary alicyclic amines) is 1. The molecule has 2 heterocycles. The fourth-order valence-electron chi connectivity index (χ4n) is 2.70. The van der Waals surface area contributed by atoms with Crippen LogP contribution < -0.4 is 0 Å². The maximum atomic E-state index is 11.1. The molecule has 0 radical (unpaired) electrons. The number of thiophene rings is 1. The summed E-state index contributed by atoms with van der Waals surface area (Å²) in [5.74, 6) is -0.605. The van der Waals surface area contributed by atoms with Gasteiger partial charge < -0.3 is 5.11 Å². The van der Waals surface area contributed by atoms with Gasteiger partial charge in [0.2, 0.25) is 0 Å². The summed E-state index contributed by atoms with van der Waals surface area (Å²) in [4.78, 5) is 14.8. The number of rotatable bonds is 4. The molecule has 1 N–H and O–H groups in total. The highest BCUT2D eigenvalue weighted by Gasteiger charge is 2.37. The van der Waals surface area contributed by atoms with Crippen LogP contribution in [-0.4, -0.2) is 29.1 Å². The van der Waals surface area contributed by atoms with Crippen molar-refractivity contribution in [2.75, 3.05) is 13.1 Å². The second-order valence-corrected chi connectivity index (χ2v) is 5.79. The maximum Gasteiger partial charge on any atom is 0.308 e. The molecule has 1 saturated heterocycles. The SMILES string of the molecule is CCC(c1cccs1)N1C[C@@H](C)[C@H](C(=O)O)C1. The molecule has 1 aliphatic rings.